The minimum atomic E-state index is 0.594. The van der Waals surface area contributed by atoms with Crippen LogP contribution >= 0.6 is 0 Å². The van der Waals surface area contributed by atoms with Crippen molar-refractivity contribution in [3.63, 3.8) is 0 Å². The monoisotopic (exact) mass is 688 g/mol. The normalized spacial score (nSPS) is 11.3. The molecule has 3 heterocycles. The van der Waals surface area contributed by atoms with Gasteiger partial charge in [0.05, 0.1) is 22.7 Å². The van der Waals surface area contributed by atoms with Crippen LogP contribution in [0.15, 0.2) is 170 Å². The molecule has 250 valence electrons. The molecule has 0 saturated carbocycles. The van der Waals surface area contributed by atoms with Gasteiger partial charge in [-0.15, -0.1) is 0 Å². The standard InChI is InChI=1S/C48H28N6/c49-29-34-22-23-37(36-19-8-7-18-35(34)36)43-28-42-38-20-10-24-50-44(38)40(27-41(42)39-21-11-25-51-45(39)43)32-16-9-17-33(26-32)48-53-46(30-12-3-1-4-13-30)52-47(54-48)31-14-5-2-6-15-31/h1-28H. The van der Waals surface area contributed by atoms with E-state index in [2.05, 4.69) is 54.6 Å². The molecular weight excluding hydrogens is 661 g/mol. The Labute approximate surface area is 310 Å². The number of rotatable bonds is 5. The molecule has 0 aliphatic carbocycles. The molecule has 54 heavy (non-hydrogen) atoms. The first-order valence-electron chi connectivity index (χ1n) is 17.7. The minimum Gasteiger partial charge on any atom is -0.256 e. The van der Waals surface area contributed by atoms with Crippen LogP contribution in [-0.2, 0) is 0 Å². The van der Waals surface area contributed by atoms with Gasteiger partial charge < -0.3 is 0 Å². The van der Waals surface area contributed by atoms with Crippen molar-refractivity contribution in [3.05, 3.63) is 176 Å². The van der Waals surface area contributed by atoms with Crippen molar-refractivity contribution in [1.82, 2.24) is 24.9 Å². The van der Waals surface area contributed by atoms with Crippen LogP contribution in [0, 0.1) is 11.3 Å². The van der Waals surface area contributed by atoms with Crippen LogP contribution in [0.5, 0.6) is 0 Å². The zero-order valence-corrected chi connectivity index (χ0v) is 28.8. The van der Waals surface area contributed by atoms with E-state index in [0.717, 1.165) is 82.3 Å². The number of hydrogen-bond acceptors (Lipinski definition) is 6. The maximum Gasteiger partial charge on any atom is 0.164 e. The summed E-state index contributed by atoms with van der Waals surface area (Å²) in [5.41, 5.74) is 9.22. The third kappa shape index (κ3) is 5.23. The van der Waals surface area contributed by atoms with E-state index >= 15 is 0 Å². The Morgan fingerprint density at radius 3 is 1.48 bits per heavy atom. The Bertz CT molecular complexity index is 3060. The van der Waals surface area contributed by atoms with Crippen molar-refractivity contribution >= 4 is 43.4 Å². The van der Waals surface area contributed by atoms with Crippen LogP contribution in [0.25, 0.3) is 99.8 Å². The van der Waals surface area contributed by atoms with Crippen LogP contribution in [-0.4, -0.2) is 24.9 Å². The molecule has 0 amide bonds. The lowest BCUT2D eigenvalue weighted by molar-refractivity contribution is 1.07. The zero-order chi connectivity index (χ0) is 36.0. The van der Waals surface area contributed by atoms with Gasteiger partial charge in [-0.2, -0.15) is 5.26 Å². The Morgan fingerprint density at radius 1 is 0.352 bits per heavy atom. The number of aromatic nitrogens is 5. The van der Waals surface area contributed by atoms with Crippen molar-refractivity contribution in [2.75, 3.05) is 0 Å². The van der Waals surface area contributed by atoms with Gasteiger partial charge in [0.25, 0.3) is 0 Å². The molecule has 0 radical (unpaired) electrons. The summed E-state index contributed by atoms with van der Waals surface area (Å²) >= 11 is 0. The Kier molecular flexibility index (Phi) is 7.41. The highest BCUT2D eigenvalue weighted by atomic mass is 15.0. The second kappa shape index (κ2) is 12.9. The lowest BCUT2D eigenvalue weighted by atomic mass is 9.88. The lowest BCUT2D eigenvalue weighted by Crippen LogP contribution is -2.00. The Hall–Kier alpha value is -7.62. The summed E-state index contributed by atoms with van der Waals surface area (Å²) in [6, 6.07) is 55.6. The van der Waals surface area contributed by atoms with Crippen molar-refractivity contribution in [2.45, 2.75) is 0 Å². The predicted molar refractivity (Wildman–Crippen MR) is 217 cm³/mol. The van der Waals surface area contributed by atoms with Gasteiger partial charge in [-0.3, -0.25) is 9.97 Å². The maximum atomic E-state index is 9.87. The second-order valence-corrected chi connectivity index (χ2v) is 13.2. The first-order chi connectivity index (χ1) is 26.7. The van der Waals surface area contributed by atoms with Gasteiger partial charge in [-0.25, -0.2) is 15.0 Å². The highest BCUT2D eigenvalue weighted by Gasteiger charge is 2.19. The fourth-order valence-electron chi connectivity index (χ4n) is 7.52. The summed E-state index contributed by atoms with van der Waals surface area (Å²) in [6.07, 6.45) is 3.70. The van der Waals surface area contributed by atoms with E-state index in [4.69, 9.17) is 24.9 Å². The van der Waals surface area contributed by atoms with Crippen LogP contribution in [0.3, 0.4) is 0 Å². The summed E-state index contributed by atoms with van der Waals surface area (Å²) in [5.74, 6) is 1.83. The molecule has 0 aliphatic heterocycles. The van der Waals surface area contributed by atoms with E-state index in [-0.39, 0.29) is 0 Å². The van der Waals surface area contributed by atoms with Crippen molar-refractivity contribution in [1.29, 1.82) is 5.26 Å². The van der Waals surface area contributed by atoms with Crippen LogP contribution in [0.4, 0.5) is 0 Å². The molecule has 10 aromatic rings. The van der Waals surface area contributed by atoms with Gasteiger partial charge >= 0.3 is 0 Å². The van der Waals surface area contributed by atoms with E-state index in [0.29, 0.717) is 23.0 Å². The third-order valence-corrected chi connectivity index (χ3v) is 10.0. The number of hydrogen-bond donors (Lipinski definition) is 0. The predicted octanol–water partition coefficient (Wildman–Crippen LogP) is 11.5. The zero-order valence-electron chi connectivity index (χ0n) is 28.8. The fraction of sp³-hybridized carbons (Fsp3) is 0. The van der Waals surface area contributed by atoms with Crippen LogP contribution in [0.1, 0.15) is 5.56 Å². The second-order valence-electron chi connectivity index (χ2n) is 13.2. The average Bonchev–Trinajstić information content (AvgIpc) is 3.26. The maximum absolute atomic E-state index is 9.87. The molecule has 7 aromatic carbocycles. The SMILES string of the molecule is N#Cc1ccc(-c2cc3c4cccnc4c(-c4cccc(-c5nc(-c6ccccc6)nc(-c6ccccc6)n5)c4)cc3c3cccnc23)c2ccccc12. The van der Waals surface area contributed by atoms with Crippen molar-refractivity contribution in [2.24, 2.45) is 0 Å². The van der Waals surface area contributed by atoms with E-state index in [1.807, 2.05) is 122 Å². The molecule has 0 spiro atoms. The third-order valence-electron chi connectivity index (χ3n) is 10.0. The quantitative estimate of drug-likeness (QED) is 0.167. The molecule has 0 N–H and O–H groups in total. The topological polar surface area (TPSA) is 88.2 Å². The number of nitriles is 1. The van der Waals surface area contributed by atoms with Gasteiger partial charge in [0.2, 0.25) is 0 Å². The first kappa shape index (κ1) is 31.1. The molecule has 3 aromatic heterocycles. The summed E-state index contributed by atoms with van der Waals surface area (Å²) in [4.78, 5) is 24.8. The summed E-state index contributed by atoms with van der Waals surface area (Å²) in [6.45, 7) is 0. The summed E-state index contributed by atoms with van der Waals surface area (Å²) in [7, 11) is 0. The number of benzene rings is 7. The first-order valence-corrected chi connectivity index (χ1v) is 17.7. The van der Waals surface area contributed by atoms with Gasteiger partial charge in [-0.1, -0.05) is 121 Å². The Morgan fingerprint density at radius 2 is 0.852 bits per heavy atom. The largest absolute Gasteiger partial charge is 0.256 e. The van der Waals surface area contributed by atoms with Gasteiger partial charge in [0.1, 0.15) is 0 Å². The summed E-state index contributed by atoms with van der Waals surface area (Å²) in [5, 5.41) is 16.1. The molecule has 6 nitrogen and oxygen atoms in total. The molecule has 0 bridgehead atoms. The number of fused-ring (bicyclic) bond motifs is 6. The molecule has 0 aliphatic rings. The number of nitrogens with zero attached hydrogens (tertiary/aromatic N) is 6. The lowest BCUT2D eigenvalue weighted by Gasteiger charge is -2.16. The fourth-order valence-corrected chi connectivity index (χ4v) is 7.52. The average molecular weight is 689 g/mol. The smallest absolute Gasteiger partial charge is 0.164 e. The molecule has 6 heteroatoms. The molecule has 0 saturated heterocycles. The highest BCUT2D eigenvalue weighted by Crippen LogP contribution is 2.42. The molecule has 0 fully saturated rings. The molecule has 0 unspecified atom stereocenters. The van der Waals surface area contributed by atoms with Crippen LogP contribution < -0.4 is 0 Å². The highest BCUT2D eigenvalue weighted by molar-refractivity contribution is 6.23. The van der Waals surface area contributed by atoms with Crippen molar-refractivity contribution in [3.8, 4) is 62.5 Å². The van der Waals surface area contributed by atoms with E-state index in [1.165, 1.54) is 0 Å². The van der Waals surface area contributed by atoms with Gasteiger partial charge in [-0.05, 0) is 63.7 Å². The molecule has 0 atom stereocenters. The van der Waals surface area contributed by atoms with Gasteiger partial charge in [0.15, 0.2) is 17.5 Å². The van der Waals surface area contributed by atoms with Gasteiger partial charge in [0, 0.05) is 56.4 Å². The van der Waals surface area contributed by atoms with Crippen LogP contribution in [0.2, 0.25) is 0 Å². The summed E-state index contributed by atoms with van der Waals surface area (Å²) < 4.78 is 0. The minimum absolute atomic E-state index is 0.594. The van der Waals surface area contributed by atoms with E-state index < -0.39 is 0 Å². The van der Waals surface area contributed by atoms with Crippen molar-refractivity contribution < 1.29 is 0 Å². The molecule has 10 rings (SSSR count). The molecular formula is C48H28N6. The van der Waals surface area contributed by atoms with E-state index in [1.54, 1.807) is 0 Å². The van der Waals surface area contributed by atoms with E-state index in [9.17, 15) is 5.26 Å². The Balaban J connectivity index is 1.19. The number of pyridine rings is 2.